The molecule has 0 radical (unpaired) electrons. The monoisotopic (exact) mass is 296 g/mol. The Kier molecular flexibility index (Phi) is 3.91. The summed E-state index contributed by atoms with van der Waals surface area (Å²) in [7, 11) is 0. The fourth-order valence-corrected chi connectivity index (χ4v) is 2.02. The van der Waals surface area contributed by atoms with Gasteiger partial charge in [0.2, 0.25) is 5.95 Å². The standard InChI is InChI=1S/C16H13FN4O/c17-13-9-5-4-8-12(13)10-18-16-19-15(22)14(20-21-16)11-6-2-1-3-7-11/h1-9H,10H2,(H2,18,19,21,22). The number of nitrogens with zero attached hydrogens (tertiary/aromatic N) is 2. The maximum absolute atomic E-state index is 13.5. The highest BCUT2D eigenvalue weighted by atomic mass is 19.1. The minimum Gasteiger partial charge on any atom is -0.350 e. The van der Waals surface area contributed by atoms with Crippen molar-refractivity contribution >= 4 is 5.95 Å². The van der Waals surface area contributed by atoms with Gasteiger partial charge >= 0.3 is 0 Å². The lowest BCUT2D eigenvalue weighted by atomic mass is 10.2. The molecular weight excluding hydrogens is 283 g/mol. The zero-order valence-corrected chi connectivity index (χ0v) is 11.6. The van der Waals surface area contributed by atoms with Crippen molar-refractivity contribution in [3.8, 4) is 11.3 Å². The van der Waals surface area contributed by atoms with Gasteiger partial charge in [0.1, 0.15) is 5.82 Å². The van der Waals surface area contributed by atoms with Crippen LogP contribution < -0.4 is 10.9 Å². The first-order valence-electron chi connectivity index (χ1n) is 6.74. The summed E-state index contributed by atoms with van der Waals surface area (Å²) in [4.78, 5) is 14.6. The molecule has 0 atom stereocenters. The lowest BCUT2D eigenvalue weighted by molar-refractivity contribution is 0.612. The number of benzene rings is 2. The third-order valence-corrected chi connectivity index (χ3v) is 3.15. The molecule has 0 saturated heterocycles. The van der Waals surface area contributed by atoms with E-state index in [0.717, 1.165) is 0 Å². The zero-order valence-electron chi connectivity index (χ0n) is 11.6. The number of H-pyrrole nitrogens is 1. The second kappa shape index (κ2) is 6.17. The molecule has 0 spiro atoms. The Balaban J connectivity index is 1.78. The number of nitrogens with one attached hydrogen (secondary N) is 2. The summed E-state index contributed by atoms with van der Waals surface area (Å²) in [5.74, 6) is -0.112. The van der Waals surface area contributed by atoms with Gasteiger partial charge < -0.3 is 5.32 Å². The Bertz CT molecular complexity index is 833. The highest BCUT2D eigenvalue weighted by Crippen LogP contribution is 2.11. The minimum absolute atomic E-state index is 0.202. The van der Waals surface area contributed by atoms with Gasteiger partial charge in [-0.15, -0.1) is 10.2 Å². The molecule has 22 heavy (non-hydrogen) atoms. The molecule has 6 heteroatoms. The maximum Gasteiger partial charge on any atom is 0.279 e. The average Bonchev–Trinajstić information content (AvgIpc) is 2.55. The molecule has 1 aromatic heterocycles. The molecule has 5 nitrogen and oxygen atoms in total. The fraction of sp³-hybridized carbons (Fsp3) is 0.0625. The molecule has 3 aromatic rings. The van der Waals surface area contributed by atoms with Crippen LogP contribution in [0.3, 0.4) is 0 Å². The number of anilines is 1. The van der Waals surface area contributed by atoms with Gasteiger partial charge in [-0.2, -0.15) is 0 Å². The van der Waals surface area contributed by atoms with E-state index in [2.05, 4.69) is 20.5 Å². The van der Waals surface area contributed by atoms with E-state index >= 15 is 0 Å². The third-order valence-electron chi connectivity index (χ3n) is 3.15. The summed E-state index contributed by atoms with van der Waals surface area (Å²) < 4.78 is 13.5. The molecule has 0 aliphatic carbocycles. The summed E-state index contributed by atoms with van der Waals surface area (Å²) >= 11 is 0. The van der Waals surface area contributed by atoms with Gasteiger partial charge in [0, 0.05) is 17.7 Å². The molecule has 3 rings (SSSR count). The van der Waals surface area contributed by atoms with Gasteiger partial charge in [0.25, 0.3) is 5.56 Å². The smallest absolute Gasteiger partial charge is 0.279 e. The van der Waals surface area contributed by atoms with Gasteiger partial charge in [-0.3, -0.25) is 9.78 Å². The molecule has 0 amide bonds. The molecule has 0 aliphatic rings. The first-order valence-corrected chi connectivity index (χ1v) is 6.74. The normalized spacial score (nSPS) is 10.4. The number of halogens is 1. The quantitative estimate of drug-likeness (QED) is 0.776. The second-order valence-electron chi connectivity index (χ2n) is 4.66. The maximum atomic E-state index is 13.5. The molecule has 110 valence electrons. The van der Waals surface area contributed by atoms with Crippen molar-refractivity contribution in [2.75, 3.05) is 5.32 Å². The Morgan fingerprint density at radius 1 is 1.00 bits per heavy atom. The van der Waals surface area contributed by atoms with Crippen LogP contribution in [-0.4, -0.2) is 15.2 Å². The van der Waals surface area contributed by atoms with Crippen molar-refractivity contribution in [1.29, 1.82) is 0 Å². The Morgan fingerprint density at radius 3 is 2.45 bits per heavy atom. The van der Waals surface area contributed by atoms with Crippen molar-refractivity contribution in [2.45, 2.75) is 6.54 Å². The molecule has 2 aromatic carbocycles. The van der Waals surface area contributed by atoms with Crippen molar-refractivity contribution in [1.82, 2.24) is 15.2 Å². The van der Waals surface area contributed by atoms with E-state index in [0.29, 0.717) is 11.1 Å². The van der Waals surface area contributed by atoms with E-state index in [9.17, 15) is 9.18 Å². The van der Waals surface area contributed by atoms with Crippen molar-refractivity contribution in [3.05, 3.63) is 76.3 Å². The molecule has 0 saturated carbocycles. The zero-order chi connectivity index (χ0) is 15.4. The Morgan fingerprint density at radius 2 is 1.73 bits per heavy atom. The van der Waals surface area contributed by atoms with Gasteiger partial charge in [0.15, 0.2) is 5.69 Å². The van der Waals surface area contributed by atoms with Crippen LogP contribution in [0, 0.1) is 5.82 Å². The summed E-state index contributed by atoms with van der Waals surface area (Å²) in [5, 5.41) is 10.7. The Hall–Kier alpha value is -3.02. The van der Waals surface area contributed by atoms with Crippen LogP contribution in [0.1, 0.15) is 5.56 Å². The van der Waals surface area contributed by atoms with E-state index in [1.807, 2.05) is 18.2 Å². The number of hydrogen-bond donors (Lipinski definition) is 2. The second-order valence-corrected chi connectivity index (χ2v) is 4.66. The van der Waals surface area contributed by atoms with Crippen LogP contribution >= 0.6 is 0 Å². The largest absolute Gasteiger partial charge is 0.350 e. The third kappa shape index (κ3) is 3.01. The summed E-state index contributed by atoms with van der Waals surface area (Å²) in [5.41, 5.74) is 1.07. The summed E-state index contributed by atoms with van der Waals surface area (Å²) in [6.07, 6.45) is 0. The topological polar surface area (TPSA) is 70.7 Å². The molecule has 0 fully saturated rings. The molecule has 2 N–H and O–H groups in total. The first kappa shape index (κ1) is 13.9. The molecule has 0 aliphatic heterocycles. The van der Waals surface area contributed by atoms with Crippen LogP contribution in [0.4, 0.5) is 10.3 Å². The van der Waals surface area contributed by atoms with E-state index in [1.54, 1.807) is 30.3 Å². The van der Waals surface area contributed by atoms with E-state index in [4.69, 9.17) is 0 Å². The highest BCUT2D eigenvalue weighted by molar-refractivity contribution is 5.57. The number of hydrogen-bond acceptors (Lipinski definition) is 4. The molecule has 0 bridgehead atoms. The van der Waals surface area contributed by atoms with Crippen molar-refractivity contribution < 1.29 is 4.39 Å². The summed E-state index contributed by atoms with van der Waals surface area (Å²) in [6, 6.07) is 15.5. The van der Waals surface area contributed by atoms with E-state index < -0.39 is 0 Å². The minimum atomic E-state index is -0.350. The van der Waals surface area contributed by atoms with Crippen molar-refractivity contribution in [3.63, 3.8) is 0 Å². The van der Waals surface area contributed by atoms with E-state index in [1.165, 1.54) is 6.07 Å². The average molecular weight is 296 g/mol. The molecule has 1 heterocycles. The van der Waals surface area contributed by atoms with Crippen LogP contribution in [-0.2, 0) is 6.54 Å². The Labute approximate surface area is 125 Å². The van der Waals surface area contributed by atoms with Gasteiger partial charge in [-0.05, 0) is 6.07 Å². The van der Waals surface area contributed by atoms with E-state index in [-0.39, 0.29) is 29.6 Å². The predicted octanol–water partition coefficient (Wildman–Crippen LogP) is 2.58. The van der Waals surface area contributed by atoms with Crippen LogP contribution in [0.5, 0.6) is 0 Å². The molecule has 0 unspecified atom stereocenters. The SMILES string of the molecule is O=c1[nH]c(NCc2ccccc2F)nnc1-c1ccccc1. The first-order chi connectivity index (χ1) is 10.7. The summed E-state index contributed by atoms with van der Waals surface area (Å²) in [6.45, 7) is 0.210. The number of aromatic amines is 1. The fourth-order valence-electron chi connectivity index (χ4n) is 2.02. The predicted molar refractivity (Wildman–Crippen MR) is 81.8 cm³/mol. The number of rotatable bonds is 4. The lowest BCUT2D eigenvalue weighted by Gasteiger charge is -2.06. The van der Waals surface area contributed by atoms with Crippen LogP contribution in [0.15, 0.2) is 59.4 Å². The lowest BCUT2D eigenvalue weighted by Crippen LogP contribution is -2.17. The van der Waals surface area contributed by atoms with Crippen LogP contribution in [0.25, 0.3) is 11.3 Å². The van der Waals surface area contributed by atoms with Gasteiger partial charge in [-0.25, -0.2) is 4.39 Å². The van der Waals surface area contributed by atoms with Crippen LogP contribution in [0.2, 0.25) is 0 Å². The van der Waals surface area contributed by atoms with Gasteiger partial charge in [0.05, 0.1) is 0 Å². The number of aromatic nitrogens is 3. The highest BCUT2D eigenvalue weighted by Gasteiger charge is 2.07. The van der Waals surface area contributed by atoms with Crippen molar-refractivity contribution in [2.24, 2.45) is 0 Å². The molecular formula is C16H13FN4O. The van der Waals surface area contributed by atoms with Gasteiger partial charge in [-0.1, -0.05) is 48.5 Å².